The van der Waals surface area contributed by atoms with E-state index in [1.807, 2.05) is 0 Å². The number of hydrogen-bond acceptors (Lipinski definition) is 4. The average Bonchev–Trinajstić information content (AvgIpc) is 2.52. The molecule has 2 rings (SSSR count). The molecule has 124 valence electrons. The Balaban J connectivity index is 0.00000242. The molecule has 0 bridgehead atoms. The Hall–Kier alpha value is -1.21. The highest BCUT2D eigenvalue weighted by atomic mass is 35.5. The molecule has 1 fully saturated rings. The molecular formula is C15H22ClFN2O3. The molecule has 22 heavy (non-hydrogen) atoms. The van der Waals surface area contributed by atoms with E-state index < -0.39 is 18.0 Å². The summed E-state index contributed by atoms with van der Waals surface area (Å²) in [6.45, 7) is 1.26. The number of nitrogens with two attached hydrogens (primary N) is 1. The number of halogens is 2. The highest BCUT2D eigenvalue weighted by molar-refractivity contribution is 5.85. The van der Waals surface area contributed by atoms with E-state index >= 15 is 0 Å². The second kappa shape index (κ2) is 9.05. The third-order valence-corrected chi connectivity index (χ3v) is 3.78. The van der Waals surface area contributed by atoms with E-state index in [9.17, 15) is 14.3 Å². The van der Waals surface area contributed by atoms with Crippen LogP contribution in [0.4, 0.5) is 4.39 Å². The van der Waals surface area contributed by atoms with Crippen molar-refractivity contribution in [2.24, 2.45) is 11.7 Å². The van der Waals surface area contributed by atoms with Gasteiger partial charge in [-0.3, -0.25) is 4.79 Å². The van der Waals surface area contributed by atoms with Gasteiger partial charge in [0.15, 0.2) is 0 Å². The number of rotatable bonds is 5. The van der Waals surface area contributed by atoms with E-state index in [0.29, 0.717) is 18.8 Å². The monoisotopic (exact) mass is 332 g/mol. The Morgan fingerprint density at radius 3 is 2.77 bits per heavy atom. The molecule has 5 nitrogen and oxygen atoms in total. The number of carbonyl (C=O) groups is 1. The van der Waals surface area contributed by atoms with Gasteiger partial charge in [-0.25, -0.2) is 4.39 Å². The zero-order chi connectivity index (χ0) is 15.2. The van der Waals surface area contributed by atoms with Crippen molar-refractivity contribution in [3.63, 3.8) is 0 Å². The summed E-state index contributed by atoms with van der Waals surface area (Å²) >= 11 is 0. The Morgan fingerprint density at radius 2 is 2.14 bits per heavy atom. The lowest BCUT2D eigenvalue weighted by Gasteiger charge is -2.27. The molecule has 2 atom stereocenters. The van der Waals surface area contributed by atoms with Crippen LogP contribution in [0.2, 0.25) is 0 Å². The molecule has 4 N–H and O–H groups in total. The maximum atomic E-state index is 13.1. The normalized spacial score (nSPS) is 18.1. The van der Waals surface area contributed by atoms with Crippen LogP contribution < -0.4 is 11.1 Å². The van der Waals surface area contributed by atoms with Crippen LogP contribution in [0.25, 0.3) is 0 Å². The molecule has 1 amide bonds. The third-order valence-electron chi connectivity index (χ3n) is 3.78. The molecule has 1 saturated heterocycles. The number of amides is 1. The van der Waals surface area contributed by atoms with Crippen molar-refractivity contribution >= 4 is 18.3 Å². The first-order valence-corrected chi connectivity index (χ1v) is 7.12. The number of hydrogen-bond donors (Lipinski definition) is 3. The van der Waals surface area contributed by atoms with Crippen LogP contribution in [0, 0.1) is 11.7 Å². The van der Waals surface area contributed by atoms with Gasteiger partial charge in [0.05, 0.1) is 12.1 Å². The average molecular weight is 333 g/mol. The minimum atomic E-state index is -0.952. The molecule has 0 aliphatic carbocycles. The van der Waals surface area contributed by atoms with E-state index in [4.69, 9.17) is 10.5 Å². The van der Waals surface area contributed by atoms with Gasteiger partial charge in [0.25, 0.3) is 0 Å². The summed E-state index contributed by atoms with van der Waals surface area (Å²) < 4.78 is 18.3. The Morgan fingerprint density at radius 1 is 1.45 bits per heavy atom. The van der Waals surface area contributed by atoms with Crippen LogP contribution in [-0.4, -0.2) is 36.8 Å². The van der Waals surface area contributed by atoms with E-state index in [0.717, 1.165) is 12.8 Å². The fraction of sp³-hybridized carbons (Fsp3) is 0.533. The van der Waals surface area contributed by atoms with Gasteiger partial charge in [-0.1, -0.05) is 12.1 Å². The van der Waals surface area contributed by atoms with E-state index in [1.165, 1.54) is 18.2 Å². The van der Waals surface area contributed by atoms with Crippen molar-refractivity contribution in [1.82, 2.24) is 5.32 Å². The molecule has 2 unspecified atom stereocenters. The Bertz CT molecular complexity index is 484. The fourth-order valence-corrected chi connectivity index (χ4v) is 2.44. The summed E-state index contributed by atoms with van der Waals surface area (Å²) in [4.78, 5) is 12.0. The number of aliphatic hydroxyl groups is 1. The maximum Gasteiger partial charge on any atom is 0.237 e. The number of benzene rings is 1. The van der Waals surface area contributed by atoms with Crippen molar-refractivity contribution in [3.05, 3.63) is 35.6 Å². The molecule has 1 heterocycles. The first-order chi connectivity index (χ1) is 10.1. The van der Waals surface area contributed by atoms with E-state index in [-0.39, 0.29) is 30.8 Å². The van der Waals surface area contributed by atoms with Gasteiger partial charge >= 0.3 is 0 Å². The van der Waals surface area contributed by atoms with Gasteiger partial charge in [0, 0.05) is 19.8 Å². The predicted octanol–water partition coefficient (Wildman–Crippen LogP) is 1.15. The topological polar surface area (TPSA) is 84.6 Å². The predicted molar refractivity (Wildman–Crippen MR) is 83.1 cm³/mol. The molecule has 0 saturated carbocycles. The van der Waals surface area contributed by atoms with E-state index in [1.54, 1.807) is 6.07 Å². The van der Waals surface area contributed by atoms with Crippen LogP contribution in [0.5, 0.6) is 0 Å². The maximum absolute atomic E-state index is 13.1. The first kappa shape index (κ1) is 18.8. The van der Waals surface area contributed by atoms with Crippen LogP contribution >= 0.6 is 12.4 Å². The summed E-state index contributed by atoms with van der Waals surface area (Å²) in [6.07, 6.45) is 0.578. The van der Waals surface area contributed by atoms with Gasteiger partial charge in [0.2, 0.25) is 5.91 Å². The lowest BCUT2D eigenvalue weighted by atomic mass is 9.92. The van der Waals surface area contributed by atoms with Gasteiger partial charge in [-0.15, -0.1) is 12.4 Å². The van der Waals surface area contributed by atoms with Crippen molar-refractivity contribution < 1.29 is 19.0 Å². The lowest BCUT2D eigenvalue weighted by molar-refractivity contribution is -0.124. The number of nitrogens with one attached hydrogen (secondary N) is 1. The molecule has 7 heteroatoms. The highest BCUT2D eigenvalue weighted by Crippen LogP contribution is 2.18. The second-order valence-electron chi connectivity index (χ2n) is 5.29. The smallest absolute Gasteiger partial charge is 0.237 e. The van der Waals surface area contributed by atoms with Crippen LogP contribution in [0.3, 0.4) is 0 Å². The Kier molecular flexibility index (Phi) is 7.75. The molecule has 1 aromatic rings. The minimum Gasteiger partial charge on any atom is -0.387 e. The number of aliphatic hydroxyl groups excluding tert-OH is 1. The lowest BCUT2D eigenvalue weighted by Crippen LogP contribution is -2.47. The Labute approximate surface area is 135 Å². The first-order valence-electron chi connectivity index (χ1n) is 7.12. The van der Waals surface area contributed by atoms with Gasteiger partial charge in [0.1, 0.15) is 5.82 Å². The van der Waals surface area contributed by atoms with Crippen LogP contribution in [-0.2, 0) is 9.53 Å². The molecule has 0 spiro atoms. The molecule has 0 radical (unpaired) electrons. The van der Waals surface area contributed by atoms with E-state index in [2.05, 4.69) is 5.32 Å². The SMILES string of the molecule is Cl.NC(C(=O)NCC(O)c1cccc(F)c1)C1CCOCC1. The summed E-state index contributed by atoms with van der Waals surface area (Å²) in [7, 11) is 0. The third kappa shape index (κ3) is 5.21. The zero-order valence-electron chi connectivity index (χ0n) is 12.2. The highest BCUT2D eigenvalue weighted by Gasteiger charge is 2.26. The minimum absolute atomic E-state index is 0. The number of ether oxygens (including phenoxy) is 1. The van der Waals surface area contributed by atoms with Gasteiger partial charge in [-0.2, -0.15) is 0 Å². The quantitative estimate of drug-likeness (QED) is 0.755. The largest absolute Gasteiger partial charge is 0.387 e. The fourth-order valence-electron chi connectivity index (χ4n) is 2.44. The number of carbonyl (C=O) groups excluding carboxylic acids is 1. The molecule has 1 aliphatic rings. The van der Waals surface area contributed by atoms with Crippen molar-refractivity contribution in [3.8, 4) is 0 Å². The summed E-state index contributed by atoms with van der Waals surface area (Å²) in [5.74, 6) is -0.612. The van der Waals surface area contributed by atoms with Crippen LogP contribution in [0.15, 0.2) is 24.3 Å². The zero-order valence-corrected chi connectivity index (χ0v) is 13.0. The molecule has 1 aliphatic heterocycles. The summed E-state index contributed by atoms with van der Waals surface area (Å²) in [5, 5.41) is 12.6. The molecule has 1 aromatic carbocycles. The standard InChI is InChI=1S/C15H21FN2O3.ClH/c16-12-3-1-2-11(8-12)13(19)9-18-15(20)14(17)10-4-6-21-7-5-10;/h1-3,8,10,13-14,19H,4-7,9,17H2,(H,18,20);1H. The summed E-state index contributed by atoms with van der Waals surface area (Å²) in [5.41, 5.74) is 6.36. The summed E-state index contributed by atoms with van der Waals surface area (Å²) in [6, 6.07) is 5.07. The second-order valence-corrected chi connectivity index (χ2v) is 5.29. The molecular weight excluding hydrogens is 311 g/mol. The van der Waals surface area contributed by atoms with Crippen molar-refractivity contribution in [2.75, 3.05) is 19.8 Å². The van der Waals surface area contributed by atoms with Gasteiger partial charge < -0.3 is 20.9 Å². The van der Waals surface area contributed by atoms with Crippen molar-refractivity contribution in [1.29, 1.82) is 0 Å². The molecule has 0 aromatic heterocycles. The van der Waals surface area contributed by atoms with Crippen molar-refractivity contribution in [2.45, 2.75) is 25.0 Å². The van der Waals surface area contributed by atoms with Gasteiger partial charge in [-0.05, 0) is 36.5 Å². The van der Waals surface area contributed by atoms with Crippen LogP contribution in [0.1, 0.15) is 24.5 Å².